The van der Waals surface area contributed by atoms with E-state index in [0.717, 1.165) is 11.3 Å². The molecule has 25 heavy (non-hydrogen) atoms. The molecule has 0 fully saturated rings. The van der Waals surface area contributed by atoms with Gasteiger partial charge < -0.3 is 20.3 Å². The van der Waals surface area contributed by atoms with E-state index in [4.69, 9.17) is 4.52 Å². The minimum atomic E-state index is -1.31. The molecule has 136 valence electrons. The van der Waals surface area contributed by atoms with Crippen molar-refractivity contribution < 1.29 is 18.8 Å². The van der Waals surface area contributed by atoms with Crippen molar-refractivity contribution in [3.05, 3.63) is 52.7 Å². The smallest absolute Gasteiger partial charge is 0.315 e. The van der Waals surface area contributed by atoms with Crippen LogP contribution in [0.3, 0.4) is 0 Å². The molecule has 2 rings (SSSR count). The predicted molar refractivity (Wildman–Crippen MR) is 91.5 cm³/mol. The van der Waals surface area contributed by atoms with Gasteiger partial charge in [0, 0.05) is 5.56 Å². The highest BCUT2D eigenvalue weighted by Crippen LogP contribution is 2.24. The van der Waals surface area contributed by atoms with Crippen LogP contribution in [-0.4, -0.2) is 22.8 Å². The maximum absolute atomic E-state index is 13.0. The van der Waals surface area contributed by atoms with Crippen molar-refractivity contribution in [3.8, 4) is 0 Å². The number of nitrogens with zero attached hydrogens (tertiary/aromatic N) is 1. The van der Waals surface area contributed by atoms with Crippen LogP contribution in [0.1, 0.15) is 48.9 Å². The van der Waals surface area contributed by atoms with E-state index in [0.29, 0.717) is 17.7 Å². The third kappa shape index (κ3) is 4.57. The van der Waals surface area contributed by atoms with Gasteiger partial charge in [0.25, 0.3) is 0 Å². The van der Waals surface area contributed by atoms with Gasteiger partial charge >= 0.3 is 6.03 Å². The fourth-order valence-electron chi connectivity index (χ4n) is 2.74. The van der Waals surface area contributed by atoms with E-state index in [9.17, 15) is 14.3 Å². The maximum atomic E-state index is 13.0. The summed E-state index contributed by atoms with van der Waals surface area (Å²) in [7, 11) is 0. The predicted octanol–water partition coefficient (Wildman–Crippen LogP) is 3.09. The van der Waals surface area contributed by atoms with Gasteiger partial charge in [0.15, 0.2) is 0 Å². The summed E-state index contributed by atoms with van der Waals surface area (Å²) in [5.41, 5.74) is 0.813. The van der Waals surface area contributed by atoms with Gasteiger partial charge in [0.1, 0.15) is 17.2 Å². The number of aromatic nitrogens is 1. The number of rotatable bonds is 6. The topological polar surface area (TPSA) is 87.4 Å². The number of nitrogens with one attached hydrogen (secondary N) is 2. The quantitative estimate of drug-likeness (QED) is 0.748. The number of benzene rings is 1. The minimum absolute atomic E-state index is 0.0114. The van der Waals surface area contributed by atoms with Crippen molar-refractivity contribution in [1.29, 1.82) is 0 Å². The summed E-state index contributed by atoms with van der Waals surface area (Å²) in [5.74, 6) is 0.290. The molecule has 0 saturated carbocycles. The standard InChI is InChI=1S/C18H24FN3O3/c1-5-15(16-11(2)22-25-12(16)3)21-17(23)20-10-18(4,24)13-6-8-14(19)9-7-13/h6-9,15,24H,5,10H2,1-4H3,(H2,20,21,23). The van der Waals surface area contributed by atoms with E-state index < -0.39 is 11.6 Å². The second kappa shape index (κ2) is 7.65. The van der Waals surface area contributed by atoms with Gasteiger partial charge in [-0.2, -0.15) is 0 Å². The molecule has 0 radical (unpaired) electrons. The molecule has 0 aliphatic carbocycles. The lowest BCUT2D eigenvalue weighted by Gasteiger charge is -2.25. The molecule has 0 saturated heterocycles. The van der Waals surface area contributed by atoms with Crippen molar-refractivity contribution in [1.82, 2.24) is 15.8 Å². The number of aryl methyl sites for hydroxylation is 2. The maximum Gasteiger partial charge on any atom is 0.315 e. The second-order valence-corrected chi connectivity index (χ2v) is 6.31. The summed E-state index contributed by atoms with van der Waals surface area (Å²) in [6, 6.07) is 4.89. The Hall–Kier alpha value is -2.41. The number of urea groups is 1. The first-order valence-corrected chi connectivity index (χ1v) is 8.20. The molecule has 2 amide bonds. The Bertz CT molecular complexity index is 706. The van der Waals surface area contributed by atoms with Crippen LogP contribution in [0.2, 0.25) is 0 Å². The summed E-state index contributed by atoms with van der Waals surface area (Å²) in [6.45, 7) is 7.13. The number of amides is 2. The molecule has 3 N–H and O–H groups in total. The van der Waals surface area contributed by atoms with Gasteiger partial charge in [0.05, 0.1) is 18.3 Å². The molecule has 1 aromatic carbocycles. The molecule has 2 atom stereocenters. The highest BCUT2D eigenvalue weighted by molar-refractivity contribution is 5.74. The third-order valence-electron chi connectivity index (χ3n) is 4.21. The van der Waals surface area contributed by atoms with Crippen LogP contribution in [0.4, 0.5) is 9.18 Å². The Morgan fingerprint density at radius 1 is 1.36 bits per heavy atom. The first-order valence-electron chi connectivity index (χ1n) is 8.20. The van der Waals surface area contributed by atoms with Crippen LogP contribution in [-0.2, 0) is 5.60 Å². The summed E-state index contributed by atoms with van der Waals surface area (Å²) in [4.78, 5) is 12.2. The van der Waals surface area contributed by atoms with Crippen molar-refractivity contribution >= 4 is 6.03 Å². The molecule has 1 aromatic heterocycles. The molecular formula is C18H24FN3O3. The second-order valence-electron chi connectivity index (χ2n) is 6.31. The molecule has 2 unspecified atom stereocenters. The lowest BCUT2D eigenvalue weighted by atomic mass is 9.96. The number of carbonyl (C=O) groups is 1. The zero-order chi connectivity index (χ0) is 18.6. The number of hydrogen-bond acceptors (Lipinski definition) is 4. The molecule has 0 aliphatic heterocycles. The van der Waals surface area contributed by atoms with Crippen LogP contribution in [0.5, 0.6) is 0 Å². The molecule has 7 heteroatoms. The van der Waals surface area contributed by atoms with Gasteiger partial charge in [-0.25, -0.2) is 9.18 Å². The van der Waals surface area contributed by atoms with Gasteiger partial charge in [-0.3, -0.25) is 0 Å². The van der Waals surface area contributed by atoms with Crippen LogP contribution in [0.15, 0.2) is 28.8 Å². The van der Waals surface area contributed by atoms with E-state index >= 15 is 0 Å². The molecule has 0 spiro atoms. The molecule has 2 aromatic rings. The summed E-state index contributed by atoms with van der Waals surface area (Å²) in [5, 5.41) is 19.9. The van der Waals surface area contributed by atoms with Crippen LogP contribution >= 0.6 is 0 Å². The van der Waals surface area contributed by atoms with E-state index in [-0.39, 0.29) is 18.4 Å². The summed E-state index contributed by atoms with van der Waals surface area (Å²) >= 11 is 0. The van der Waals surface area contributed by atoms with E-state index in [1.165, 1.54) is 24.3 Å². The fraction of sp³-hybridized carbons (Fsp3) is 0.444. The molecule has 1 heterocycles. The Kier molecular flexibility index (Phi) is 5.79. The normalized spacial score (nSPS) is 14.6. The Morgan fingerprint density at radius 2 is 2.00 bits per heavy atom. The monoisotopic (exact) mass is 349 g/mol. The molecule has 0 bridgehead atoms. The Balaban J connectivity index is 1.98. The highest BCUT2D eigenvalue weighted by atomic mass is 19.1. The summed E-state index contributed by atoms with van der Waals surface area (Å²) in [6.07, 6.45) is 0.671. The Labute approximate surface area is 146 Å². The van der Waals surface area contributed by atoms with Crippen molar-refractivity contribution in [2.75, 3.05) is 6.54 Å². The lowest BCUT2D eigenvalue weighted by molar-refractivity contribution is 0.0592. The first-order chi connectivity index (χ1) is 11.7. The zero-order valence-corrected chi connectivity index (χ0v) is 14.9. The molecule has 0 aliphatic rings. The van der Waals surface area contributed by atoms with Gasteiger partial charge in [-0.1, -0.05) is 24.2 Å². The van der Waals surface area contributed by atoms with E-state index in [1.54, 1.807) is 13.8 Å². The van der Waals surface area contributed by atoms with Crippen LogP contribution in [0.25, 0.3) is 0 Å². The molecule has 6 nitrogen and oxygen atoms in total. The van der Waals surface area contributed by atoms with Gasteiger partial charge in [0.2, 0.25) is 0 Å². The van der Waals surface area contributed by atoms with Crippen LogP contribution < -0.4 is 10.6 Å². The number of aliphatic hydroxyl groups is 1. The largest absolute Gasteiger partial charge is 0.384 e. The van der Waals surface area contributed by atoms with Gasteiger partial charge in [-0.05, 0) is 44.9 Å². The van der Waals surface area contributed by atoms with Crippen molar-refractivity contribution in [3.63, 3.8) is 0 Å². The average Bonchev–Trinajstić information content (AvgIpc) is 2.90. The van der Waals surface area contributed by atoms with Gasteiger partial charge in [-0.15, -0.1) is 0 Å². The number of carbonyl (C=O) groups excluding carboxylic acids is 1. The third-order valence-corrected chi connectivity index (χ3v) is 4.21. The fourth-order valence-corrected chi connectivity index (χ4v) is 2.74. The SMILES string of the molecule is CCC(NC(=O)NCC(C)(O)c1ccc(F)cc1)c1c(C)noc1C. The van der Waals surface area contributed by atoms with E-state index in [2.05, 4.69) is 15.8 Å². The van der Waals surface area contributed by atoms with Crippen molar-refractivity contribution in [2.24, 2.45) is 0 Å². The first kappa shape index (κ1) is 18.9. The van der Waals surface area contributed by atoms with Crippen LogP contribution in [0, 0.1) is 19.7 Å². The summed E-state index contributed by atoms with van der Waals surface area (Å²) < 4.78 is 18.1. The average molecular weight is 349 g/mol. The molecular weight excluding hydrogens is 325 g/mol. The number of halogens is 1. The number of hydrogen-bond donors (Lipinski definition) is 3. The Morgan fingerprint density at radius 3 is 2.52 bits per heavy atom. The van der Waals surface area contributed by atoms with Crippen molar-refractivity contribution in [2.45, 2.75) is 45.8 Å². The lowest BCUT2D eigenvalue weighted by Crippen LogP contribution is -2.44. The minimum Gasteiger partial charge on any atom is -0.384 e. The highest BCUT2D eigenvalue weighted by Gasteiger charge is 2.25. The zero-order valence-electron chi connectivity index (χ0n) is 14.9. The van der Waals surface area contributed by atoms with E-state index in [1.807, 2.05) is 13.8 Å².